The molecule has 0 radical (unpaired) electrons. The molecule has 2 aliphatic rings. The third-order valence-corrected chi connectivity index (χ3v) is 5.10. The molecule has 2 saturated heterocycles. The van der Waals surface area contributed by atoms with Crippen LogP contribution < -0.4 is 25.8 Å². The monoisotopic (exact) mass is 379 g/mol. The molecule has 0 unspecified atom stereocenters. The highest BCUT2D eigenvalue weighted by molar-refractivity contribution is 6.01. The summed E-state index contributed by atoms with van der Waals surface area (Å²) in [4.78, 5) is 28.3. The van der Waals surface area contributed by atoms with Crippen LogP contribution in [-0.4, -0.2) is 38.2 Å². The lowest BCUT2D eigenvalue weighted by Gasteiger charge is -2.29. The minimum atomic E-state index is -0.307. The van der Waals surface area contributed by atoms with E-state index in [4.69, 9.17) is 0 Å². The standard InChI is InChI=1S/C21H25N5O2/c27-20(23-16-6-4-8-18(14-16)25-11-2-1-3-12-25)24-17-7-5-9-19(15-17)26-13-10-22-21(26)28/h4-9,14-15H,1-3,10-13H2,(H,22,28)(H2,23,24,27). The van der Waals surface area contributed by atoms with E-state index in [1.54, 1.807) is 17.0 Å². The molecule has 2 aromatic carbocycles. The first-order valence-corrected chi connectivity index (χ1v) is 9.77. The number of nitrogens with zero attached hydrogens (tertiary/aromatic N) is 2. The summed E-state index contributed by atoms with van der Waals surface area (Å²) in [6.45, 7) is 3.38. The van der Waals surface area contributed by atoms with Gasteiger partial charge in [0, 0.05) is 48.9 Å². The zero-order valence-corrected chi connectivity index (χ0v) is 15.8. The number of carbonyl (C=O) groups is 2. The number of urea groups is 2. The molecule has 0 bridgehead atoms. The highest BCUT2D eigenvalue weighted by Gasteiger charge is 2.21. The van der Waals surface area contributed by atoms with Gasteiger partial charge in [-0.25, -0.2) is 9.59 Å². The molecule has 2 aromatic rings. The van der Waals surface area contributed by atoms with Gasteiger partial charge in [-0.1, -0.05) is 12.1 Å². The van der Waals surface area contributed by atoms with E-state index in [0.717, 1.165) is 30.2 Å². The SMILES string of the molecule is O=C(Nc1cccc(N2CCCCC2)c1)Nc1cccc(N2CCNC2=O)c1. The van der Waals surface area contributed by atoms with Gasteiger partial charge in [0.15, 0.2) is 0 Å². The normalized spacial score (nSPS) is 16.6. The van der Waals surface area contributed by atoms with Gasteiger partial charge in [-0.3, -0.25) is 4.90 Å². The van der Waals surface area contributed by atoms with Crippen molar-refractivity contribution in [2.75, 3.05) is 46.6 Å². The maximum Gasteiger partial charge on any atom is 0.323 e. The van der Waals surface area contributed by atoms with Gasteiger partial charge in [-0.2, -0.15) is 0 Å². The number of hydrogen-bond acceptors (Lipinski definition) is 3. The maximum absolute atomic E-state index is 12.4. The lowest BCUT2D eigenvalue weighted by molar-refractivity contribution is 0.252. The molecule has 2 fully saturated rings. The molecule has 0 saturated carbocycles. The number of amides is 4. The molecule has 28 heavy (non-hydrogen) atoms. The highest BCUT2D eigenvalue weighted by atomic mass is 16.2. The Hall–Kier alpha value is -3.22. The number of hydrogen-bond donors (Lipinski definition) is 3. The molecule has 4 rings (SSSR count). The van der Waals surface area contributed by atoms with E-state index >= 15 is 0 Å². The van der Waals surface area contributed by atoms with Crippen LogP contribution in [0.3, 0.4) is 0 Å². The van der Waals surface area contributed by atoms with Crippen LogP contribution in [0.15, 0.2) is 48.5 Å². The Labute approximate surface area is 164 Å². The summed E-state index contributed by atoms with van der Waals surface area (Å²) in [7, 11) is 0. The molecule has 7 nitrogen and oxygen atoms in total. The van der Waals surface area contributed by atoms with Crippen LogP contribution in [0.2, 0.25) is 0 Å². The van der Waals surface area contributed by atoms with Gasteiger partial charge < -0.3 is 20.9 Å². The van der Waals surface area contributed by atoms with Gasteiger partial charge in [0.2, 0.25) is 0 Å². The van der Waals surface area contributed by atoms with E-state index in [2.05, 4.69) is 26.9 Å². The molecule has 2 aliphatic heterocycles. The van der Waals surface area contributed by atoms with Gasteiger partial charge in [-0.05, 0) is 55.7 Å². The van der Waals surface area contributed by atoms with Crippen molar-refractivity contribution in [2.45, 2.75) is 19.3 Å². The quantitative estimate of drug-likeness (QED) is 0.755. The summed E-state index contributed by atoms with van der Waals surface area (Å²) in [5, 5.41) is 8.52. The second-order valence-electron chi connectivity index (χ2n) is 7.11. The third kappa shape index (κ3) is 4.19. The first kappa shape index (κ1) is 18.2. The fourth-order valence-electron chi connectivity index (χ4n) is 3.70. The molecule has 0 aliphatic carbocycles. The average Bonchev–Trinajstić information content (AvgIpc) is 3.15. The van der Waals surface area contributed by atoms with E-state index in [9.17, 15) is 9.59 Å². The largest absolute Gasteiger partial charge is 0.371 e. The molecule has 4 amide bonds. The summed E-state index contributed by atoms with van der Waals surface area (Å²) < 4.78 is 0. The Morgan fingerprint density at radius 1 is 0.857 bits per heavy atom. The molecule has 2 heterocycles. The van der Waals surface area contributed by atoms with E-state index in [-0.39, 0.29) is 12.1 Å². The van der Waals surface area contributed by atoms with Crippen molar-refractivity contribution < 1.29 is 9.59 Å². The van der Waals surface area contributed by atoms with Crippen molar-refractivity contribution in [2.24, 2.45) is 0 Å². The second-order valence-corrected chi connectivity index (χ2v) is 7.11. The first-order valence-electron chi connectivity index (χ1n) is 9.77. The molecule has 3 N–H and O–H groups in total. The Morgan fingerprint density at radius 3 is 2.14 bits per heavy atom. The molecule has 146 valence electrons. The van der Waals surface area contributed by atoms with Crippen LogP contribution >= 0.6 is 0 Å². The molecular weight excluding hydrogens is 354 g/mol. The maximum atomic E-state index is 12.4. The van der Waals surface area contributed by atoms with Crippen molar-refractivity contribution in [3.05, 3.63) is 48.5 Å². The minimum absolute atomic E-state index is 0.115. The summed E-state index contributed by atoms with van der Waals surface area (Å²) in [5.74, 6) is 0. The number of piperidine rings is 1. The van der Waals surface area contributed by atoms with E-state index < -0.39 is 0 Å². The number of rotatable bonds is 4. The topological polar surface area (TPSA) is 76.7 Å². The number of nitrogens with one attached hydrogen (secondary N) is 3. The highest BCUT2D eigenvalue weighted by Crippen LogP contribution is 2.24. The van der Waals surface area contributed by atoms with Crippen molar-refractivity contribution >= 4 is 34.8 Å². The zero-order valence-electron chi connectivity index (χ0n) is 15.8. The predicted octanol–water partition coefficient (Wildman–Crippen LogP) is 3.85. The fraction of sp³-hybridized carbons (Fsp3) is 0.333. The van der Waals surface area contributed by atoms with Crippen LogP contribution in [0.1, 0.15) is 19.3 Å². The molecule has 7 heteroatoms. The van der Waals surface area contributed by atoms with E-state index in [0.29, 0.717) is 18.8 Å². The van der Waals surface area contributed by atoms with Gasteiger partial charge in [0.1, 0.15) is 0 Å². The van der Waals surface area contributed by atoms with Crippen molar-refractivity contribution in [1.82, 2.24) is 5.32 Å². The molecule has 0 aromatic heterocycles. The predicted molar refractivity (Wildman–Crippen MR) is 112 cm³/mol. The van der Waals surface area contributed by atoms with E-state index in [1.165, 1.54) is 19.3 Å². The first-order chi connectivity index (χ1) is 13.7. The van der Waals surface area contributed by atoms with Crippen LogP contribution in [0.4, 0.5) is 32.3 Å². The van der Waals surface area contributed by atoms with Crippen LogP contribution in [0, 0.1) is 0 Å². The summed E-state index contributed by atoms with van der Waals surface area (Å²) >= 11 is 0. The van der Waals surface area contributed by atoms with Crippen LogP contribution in [0.5, 0.6) is 0 Å². The fourth-order valence-corrected chi connectivity index (χ4v) is 3.70. The second kappa shape index (κ2) is 8.21. The molecule has 0 spiro atoms. The number of carbonyl (C=O) groups excluding carboxylic acids is 2. The Kier molecular flexibility index (Phi) is 5.32. The average molecular weight is 379 g/mol. The lowest BCUT2D eigenvalue weighted by atomic mass is 10.1. The Bertz CT molecular complexity index is 863. The van der Waals surface area contributed by atoms with Crippen LogP contribution in [0.25, 0.3) is 0 Å². The minimum Gasteiger partial charge on any atom is -0.371 e. The number of benzene rings is 2. The summed E-state index contributed by atoms with van der Waals surface area (Å²) in [6.07, 6.45) is 3.71. The van der Waals surface area contributed by atoms with Crippen molar-refractivity contribution in [3.8, 4) is 0 Å². The Balaban J connectivity index is 1.40. The lowest BCUT2D eigenvalue weighted by Crippen LogP contribution is -2.29. The molecular formula is C21H25N5O2. The van der Waals surface area contributed by atoms with Crippen molar-refractivity contribution in [3.63, 3.8) is 0 Å². The van der Waals surface area contributed by atoms with Gasteiger partial charge >= 0.3 is 12.1 Å². The summed E-state index contributed by atoms with van der Waals surface area (Å²) in [5.41, 5.74) is 3.30. The van der Waals surface area contributed by atoms with E-state index in [1.807, 2.05) is 30.3 Å². The zero-order chi connectivity index (χ0) is 19.3. The van der Waals surface area contributed by atoms with Gasteiger partial charge in [-0.15, -0.1) is 0 Å². The third-order valence-electron chi connectivity index (χ3n) is 5.10. The summed E-state index contributed by atoms with van der Waals surface area (Å²) in [6, 6.07) is 14.8. The Morgan fingerprint density at radius 2 is 1.50 bits per heavy atom. The van der Waals surface area contributed by atoms with Crippen LogP contribution in [-0.2, 0) is 0 Å². The smallest absolute Gasteiger partial charge is 0.323 e. The number of anilines is 4. The van der Waals surface area contributed by atoms with Gasteiger partial charge in [0.25, 0.3) is 0 Å². The molecule has 0 atom stereocenters. The van der Waals surface area contributed by atoms with Gasteiger partial charge in [0.05, 0.1) is 0 Å². The van der Waals surface area contributed by atoms with Crippen molar-refractivity contribution in [1.29, 1.82) is 0 Å².